The smallest absolute Gasteiger partial charge is 0.0631 e. The van der Waals surface area contributed by atoms with Crippen LogP contribution in [0.25, 0.3) is 11.1 Å². The molecule has 41 heavy (non-hydrogen) atoms. The van der Waals surface area contributed by atoms with Gasteiger partial charge in [0.15, 0.2) is 0 Å². The van der Waals surface area contributed by atoms with E-state index >= 15 is 0 Å². The predicted molar refractivity (Wildman–Crippen MR) is 172 cm³/mol. The summed E-state index contributed by atoms with van der Waals surface area (Å²) in [7, 11) is -1.48. The molecule has 1 radical (unpaired) electrons. The van der Waals surface area contributed by atoms with E-state index in [1.807, 2.05) is 0 Å². The Morgan fingerprint density at radius 1 is 0.317 bits per heavy atom. The molecule has 2 atom stereocenters. The first-order valence-corrected chi connectivity index (χ1v) is 15.9. The second-order valence-electron chi connectivity index (χ2n) is 11.0. The maximum Gasteiger partial charge on any atom is 0.130 e. The molecule has 0 fully saturated rings. The number of allylic oxidation sites excluding steroid dienone is 2. The fourth-order valence-corrected chi connectivity index (χ4v) is 12.7. The molecule has 0 N–H and O–H groups in total. The van der Waals surface area contributed by atoms with Crippen LogP contribution >= 0.6 is 0 Å². The minimum absolute atomic E-state index is 0.299. The summed E-state index contributed by atoms with van der Waals surface area (Å²) in [6.45, 7) is 0. The van der Waals surface area contributed by atoms with E-state index in [2.05, 4.69) is 176 Å². The molecule has 2 aliphatic rings. The van der Waals surface area contributed by atoms with Crippen LogP contribution in [0.4, 0.5) is 0 Å². The van der Waals surface area contributed by atoms with Gasteiger partial charge in [0, 0.05) is 10.1 Å². The number of hydrogen-bond acceptors (Lipinski definition) is 0. The molecule has 0 aliphatic carbocycles. The molecule has 0 nitrogen and oxygen atoms in total. The van der Waals surface area contributed by atoms with Crippen molar-refractivity contribution in [3.8, 4) is 0 Å². The van der Waals surface area contributed by atoms with Crippen LogP contribution in [0, 0.1) is 0 Å². The Hall–Kier alpha value is -4.72. The third kappa shape index (κ3) is 3.21. The molecule has 2 unspecified atom stereocenters. The van der Waals surface area contributed by atoms with Gasteiger partial charge in [-0.3, -0.25) is 0 Å². The highest BCUT2D eigenvalue weighted by Crippen LogP contribution is 2.71. The van der Waals surface area contributed by atoms with E-state index in [4.69, 9.17) is 0 Å². The molecule has 6 aromatic carbocycles. The zero-order valence-corrected chi connectivity index (χ0v) is 23.7. The highest BCUT2D eigenvalue weighted by atomic mass is 28.3. The van der Waals surface area contributed by atoms with E-state index < -0.39 is 8.80 Å². The number of fused-ring (bicyclic) bond motifs is 5. The Bertz CT molecular complexity index is 1740. The molecule has 6 aromatic rings. The first-order valence-electron chi connectivity index (χ1n) is 14.4. The fraction of sp³-hybridized carbons (Fsp3) is 0.0500. The van der Waals surface area contributed by atoms with Crippen molar-refractivity contribution in [2.75, 3.05) is 0 Å². The Labute approximate surface area is 243 Å². The summed E-state index contributed by atoms with van der Waals surface area (Å²) in [5, 5.41) is 0.860. The van der Waals surface area contributed by atoms with Crippen molar-refractivity contribution in [2.45, 2.75) is 10.1 Å². The quantitative estimate of drug-likeness (QED) is 0.194. The largest absolute Gasteiger partial charge is 0.130 e. The van der Waals surface area contributed by atoms with Gasteiger partial charge in [0.2, 0.25) is 0 Å². The minimum Gasteiger partial charge on any atom is -0.0631 e. The summed E-state index contributed by atoms with van der Waals surface area (Å²) in [5.41, 5.74) is 11.2. The lowest BCUT2D eigenvalue weighted by atomic mass is 9.65. The van der Waals surface area contributed by atoms with Gasteiger partial charge >= 0.3 is 0 Å². The molecule has 8 rings (SSSR count). The van der Waals surface area contributed by atoms with E-state index in [9.17, 15) is 0 Å². The summed E-state index contributed by atoms with van der Waals surface area (Å²) in [6.07, 6.45) is 0. The van der Waals surface area contributed by atoms with Gasteiger partial charge in [0.05, 0.1) is 0 Å². The average molecular weight is 538 g/mol. The van der Waals surface area contributed by atoms with E-state index in [0.29, 0.717) is 0 Å². The maximum atomic E-state index is 2.42. The molecule has 0 amide bonds. The molecular formula is C40H29Si. The van der Waals surface area contributed by atoms with Crippen LogP contribution in [-0.2, 0) is 10.1 Å². The molecule has 1 heteroatoms. The van der Waals surface area contributed by atoms with Crippen LogP contribution < -0.4 is 5.19 Å². The van der Waals surface area contributed by atoms with Crippen LogP contribution in [0.1, 0.15) is 33.4 Å². The zero-order valence-electron chi connectivity index (χ0n) is 22.7. The van der Waals surface area contributed by atoms with Crippen molar-refractivity contribution in [3.63, 3.8) is 0 Å². The van der Waals surface area contributed by atoms with Gasteiger partial charge < -0.3 is 0 Å². The monoisotopic (exact) mass is 537 g/mol. The normalized spacial score (nSPS) is 21.2. The van der Waals surface area contributed by atoms with E-state index in [1.165, 1.54) is 49.7 Å². The molecule has 2 heterocycles. The SMILES string of the molecule is c1ccc(C2=C(c3ccccc3)C3(c4ccccc4)c4ccccc4C2(c2ccccc2)[Si]3c2ccccc2)cc1. The predicted octanol–water partition coefficient (Wildman–Crippen LogP) is 8.38. The molecular weight excluding hydrogens is 509 g/mol. The van der Waals surface area contributed by atoms with Crippen molar-refractivity contribution in [3.05, 3.63) is 209 Å². The van der Waals surface area contributed by atoms with E-state index in [-0.39, 0.29) is 10.1 Å². The molecule has 0 saturated carbocycles. The summed E-state index contributed by atoms with van der Waals surface area (Å²) < 4.78 is 0. The van der Waals surface area contributed by atoms with Crippen molar-refractivity contribution in [2.24, 2.45) is 0 Å². The Morgan fingerprint density at radius 3 is 1.02 bits per heavy atom. The topological polar surface area (TPSA) is 0 Å². The highest BCUT2D eigenvalue weighted by Gasteiger charge is 2.71. The molecule has 0 aromatic heterocycles. The van der Waals surface area contributed by atoms with Gasteiger partial charge in [-0.25, -0.2) is 0 Å². The minimum atomic E-state index is -1.48. The number of hydrogen-bond donors (Lipinski definition) is 0. The van der Waals surface area contributed by atoms with Crippen LogP contribution in [0.5, 0.6) is 0 Å². The summed E-state index contributed by atoms with van der Waals surface area (Å²) in [6, 6.07) is 65.9. The van der Waals surface area contributed by atoms with Gasteiger partial charge in [-0.05, 0) is 44.5 Å². The van der Waals surface area contributed by atoms with Crippen LogP contribution in [0.15, 0.2) is 176 Å². The first-order chi connectivity index (χ1) is 20.4. The molecule has 193 valence electrons. The third-order valence-electron chi connectivity index (χ3n) is 9.09. The summed E-state index contributed by atoms with van der Waals surface area (Å²) in [5.74, 6) is 0. The van der Waals surface area contributed by atoms with Crippen molar-refractivity contribution < 1.29 is 0 Å². The van der Waals surface area contributed by atoms with Crippen molar-refractivity contribution in [1.29, 1.82) is 0 Å². The lowest BCUT2D eigenvalue weighted by Crippen LogP contribution is -2.55. The molecule has 0 saturated heterocycles. The fourth-order valence-electron chi connectivity index (χ4n) is 7.82. The molecule has 2 bridgehead atoms. The van der Waals surface area contributed by atoms with Crippen molar-refractivity contribution in [1.82, 2.24) is 0 Å². The first kappa shape index (κ1) is 24.1. The van der Waals surface area contributed by atoms with Gasteiger partial charge in [-0.2, -0.15) is 0 Å². The van der Waals surface area contributed by atoms with Crippen LogP contribution in [0.2, 0.25) is 0 Å². The second kappa shape index (κ2) is 9.44. The van der Waals surface area contributed by atoms with Crippen LogP contribution in [-0.4, -0.2) is 8.80 Å². The average Bonchev–Trinajstić information content (AvgIpc) is 3.51. The Morgan fingerprint density at radius 2 is 0.634 bits per heavy atom. The second-order valence-corrected chi connectivity index (χ2v) is 13.8. The van der Waals surface area contributed by atoms with Crippen molar-refractivity contribution >= 4 is 25.1 Å². The van der Waals surface area contributed by atoms with Gasteiger partial charge in [-0.1, -0.05) is 181 Å². The van der Waals surface area contributed by atoms with Crippen LogP contribution in [0.3, 0.4) is 0 Å². The summed E-state index contributed by atoms with van der Waals surface area (Å²) in [4.78, 5) is 0. The highest BCUT2D eigenvalue weighted by molar-refractivity contribution is 6.87. The summed E-state index contributed by atoms with van der Waals surface area (Å²) >= 11 is 0. The third-order valence-corrected chi connectivity index (χ3v) is 13.1. The Balaban J connectivity index is 1.67. The molecule has 2 aliphatic heterocycles. The number of benzene rings is 6. The van der Waals surface area contributed by atoms with Gasteiger partial charge in [-0.15, -0.1) is 0 Å². The lowest BCUT2D eigenvalue weighted by molar-refractivity contribution is 0.915. The van der Waals surface area contributed by atoms with Gasteiger partial charge in [0.1, 0.15) is 8.80 Å². The maximum absolute atomic E-state index is 2.42. The standard InChI is InChI=1S/C40H29Si/c1-6-18-30(19-7-1)37-38(31-20-8-2-9-21-31)40(33-24-12-4-13-25-33)36-29-17-16-28-35(36)39(37,32-22-10-3-11-23-32)41(40)34-26-14-5-15-27-34/h1-29H. The van der Waals surface area contributed by atoms with Gasteiger partial charge in [0.25, 0.3) is 0 Å². The zero-order chi connectivity index (χ0) is 27.3. The van der Waals surface area contributed by atoms with E-state index in [1.54, 1.807) is 0 Å². The molecule has 0 spiro atoms. The van der Waals surface area contributed by atoms with E-state index in [0.717, 1.165) is 0 Å². The lowest BCUT2D eigenvalue weighted by Gasteiger charge is -2.37. The number of rotatable bonds is 5. The Kier molecular flexibility index (Phi) is 5.55.